The fourth-order valence-electron chi connectivity index (χ4n) is 2.03. The van der Waals surface area contributed by atoms with Gasteiger partial charge in [0, 0.05) is 12.3 Å². The number of rotatable bonds is 3. The first-order chi connectivity index (χ1) is 9.45. The smallest absolute Gasteiger partial charge is 0.341 e. The number of methoxy groups -OCH3 is 1. The van der Waals surface area contributed by atoms with Crippen molar-refractivity contribution in [3.05, 3.63) is 57.5 Å². The minimum atomic E-state index is -1.21. The fraction of sp³-hybridized carbons (Fsp3) is 0.200. The van der Waals surface area contributed by atoms with Crippen LogP contribution in [-0.4, -0.2) is 22.8 Å². The van der Waals surface area contributed by atoms with Crippen molar-refractivity contribution in [3.63, 3.8) is 0 Å². The van der Waals surface area contributed by atoms with E-state index in [1.54, 1.807) is 44.3 Å². The Labute approximate surface area is 116 Å². The van der Waals surface area contributed by atoms with Crippen LogP contribution in [0.5, 0.6) is 5.75 Å². The van der Waals surface area contributed by atoms with Crippen molar-refractivity contribution in [1.29, 1.82) is 0 Å². The normalized spacial score (nSPS) is 10.3. The summed E-state index contributed by atoms with van der Waals surface area (Å²) >= 11 is 0. The van der Waals surface area contributed by atoms with E-state index in [9.17, 15) is 14.7 Å². The SMILES string of the molecule is COc1cccc(-n2cc(C)c(C)c(C(=O)O)c2=O)c1. The lowest BCUT2D eigenvalue weighted by Gasteiger charge is -2.12. The average molecular weight is 273 g/mol. The lowest BCUT2D eigenvalue weighted by atomic mass is 10.1. The number of hydrogen-bond acceptors (Lipinski definition) is 3. The van der Waals surface area contributed by atoms with E-state index in [4.69, 9.17) is 4.74 Å². The average Bonchev–Trinajstić information content (AvgIpc) is 2.42. The molecule has 1 heterocycles. The van der Waals surface area contributed by atoms with Gasteiger partial charge < -0.3 is 9.84 Å². The van der Waals surface area contributed by atoms with E-state index in [-0.39, 0.29) is 5.56 Å². The van der Waals surface area contributed by atoms with Crippen LogP contribution in [0, 0.1) is 13.8 Å². The molecule has 0 radical (unpaired) electrons. The molecule has 0 saturated carbocycles. The molecule has 0 saturated heterocycles. The zero-order valence-electron chi connectivity index (χ0n) is 11.5. The van der Waals surface area contributed by atoms with Crippen molar-refractivity contribution in [2.75, 3.05) is 7.11 Å². The van der Waals surface area contributed by atoms with Crippen LogP contribution < -0.4 is 10.3 Å². The molecule has 2 rings (SSSR count). The highest BCUT2D eigenvalue weighted by Crippen LogP contribution is 2.17. The molecule has 1 aromatic carbocycles. The highest BCUT2D eigenvalue weighted by Gasteiger charge is 2.17. The van der Waals surface area contributed by atoms with Crippen LogP contribution in [0.25, 0.3) is 5.69 Å². The highest BCUT2D eigenvalue weighted by atomic mass is 16.5. The number of hydrogen-bond donors (Lipinski definition) is 1. The van der Waals surface area contributed by atoms with Crippen molar-refractivity contribution in [2.45, 2.75) is 13.8 Å². The van der Waals surface area contributed by atoms with Gasteiger partial charge in [-0.1, -0.05) is 6.07 Å². The summed E-state index contributed by atoms with van der Waals surface area (Å²) in [4.78, 5) is 23.6. The third kappa shape index (κ3) is 2.30. The van der Waals surface area contributed by atoms with E-state index in [2.05, 4.69) is 0 Å². The number of nitrogens with zero attached hydrogens (tertiary/aromatic N) is 1. The van der Waals surface area contributed by atoms with Gasteiger partial charge in [0.05, 0.1) is 12.8 Å². The first-order valence-corrected chi connectivity index (χ1v) is 6.06. The standard InChI is InChI=1S/C15H15NO4/c1-9-8-16(11-5-4-6-12(7-11)20-3)14(17)13(10(9)2)15(18)19/h4-8H,1-3H3,(H,18,19). The second-order valence-electron chi connectivity index (χ2n) is 4.49. The molecular weight excluding hydrogens is 258 g/mol. The Morgan fingerprint density at radius 3 is 2.60 bits per heavy atom. The number of pyridine rings is 1. The molecule has 5 heteroatoms. The molecule has 0 aliphatic rings. The van der Waals surface area contributed by atoms with E-state index >= 15 is 0 Å². The number of ether oxygens (including phenoxy) is 1. The summed E-state index contributed by atoms with van der Waals surface area (Å²) in [6, 6.07) is 6.91. The van der Waals surface area contributed by atoms with Gasteiger partial charge in [0.15, 0.2) is 0 Å². The maximum atomic E-state index is 12.3. The molecule has 0 fully saturated rings. The quantitative estimate of drug-likeness (QED) is 0.930. The van der Waals surface area contributed by atoms with Crippen molar-refractivity contribution < 1.29 is 14.6 Å². The summed E-state index contributed by atoms with van der Waals surface area (Å²) < 4.78 is 6.44. The number of carboxylic acid groups (broad SMARTS) is 1. The number of benzene rings is 1. The van der Waals surface area contributed by atoms with Gasteiger partial charge in [-0.25, -0.2) is 4.79 Å². The fourth-order valence-corrected chi connectivity index (χ4v) is 2.03. The molecule has 1 N–H and O–H groups in total. The molecule has 0 bridgehead atoms. The van der Waals surface area contributed by atoms with Crippen LogP contribution in [0.1, 0.15) is 21.5 Å². The van der Waals surface area contributed by atoms with Crippen LogP contribution in [0.15, 0.2) is 35.3 Å². The lowest BCUT2D eigenvalue weighted by molar-refractivity contribution is 0.0693. The third-order valence-corrected chi connectivity index (χ3v) is 3.27. The van der Waals surface area contributed by atoms with Crippen molar-refractivity contribution in [1.82, 2.24) is 4.57 Å². The molecule has 0 aliphatic carbocycles. The van der Waals surface area contributed by atoms with Crippen molar-refractivity contribution in [2.24, 2.45) is 0 Å². The summed E-state index contributed by atoms with van der Waals surface area (Å²) in [5.74, 6) is -0.614. The summed E-state index contributed by atoms with van der Waals surface area (Å²) in [5.41, 5.74) is 1.05. The van der Waals surface area contributed by atoms with Gasteiger partial charge in [-0.05, 0) is 37.1 Å². The number of aromatic carboxylic acids is 1. The van der Waals surface area contributed by atoms with E-state index in [1.807, 2.05) is 0 Å². The van der Waals surface area contributed by atoms with E-state index < -0.39 is 11.5 Å². The minimum Gasteiger partial charge on any atom is -0.497 e. The van der Waals surface area contributed by atoms with Crippen LogP contribution in [-0.2, 0) is 0 Å². The molecule has 1 aromatic heterocycles. The minimum absolute atomic E-state index is 0.201. The van der Waals surface area contributed by atoms with Gasteiger partial charge in [-0.3, -0.25) is 9.36 Å². The zero-order chi connectivity index (χ0) is 14.9. The Morgan fingerprint density at radius 1 is 1.30 bits per heavy atom. The summed E-state index contributed by atoms with van der Waals surface area (Å²) in [6.45, 7) is 3.41. The molecule has 104 valence electrons. The van der Waals surface area contributed by atoms with Gasteiger partial charge in [0.2, 0.25) is 0 Å². The van der Waals surface area contributed by atoms with Crippen LogP contribution >= 0.6 is 0 Å². The highest BCUT2D eigenvalue weighted by molar-refractivity contribution is 5.89. The van der Waals surface area contributed by atoms with Gasteiger partial charge in [0.25, 0.3) is 5.56 Å². The van der Waals surface area contributed by atoms with E-state index in [1.165, 1.54) is 11.7 Å². The zero-order valence-corrected chi connectivity index (χ0v) is 11.5. The van der Waals surface area contributed by atoms with E-state index in [0.29, 0.717) is 17.0 Å². The molecule has 20 heavy (non-hydrogen) atoms. The van der Waals surface area contributed by atoms with Crippen molar-refractivity contribution in [3.8, 4) is 11.4 Å². The Bertz CT molecular complexity index is 731. The first kappa shape index (κ1) is 13.9. The van der Waals surface area contributed by atoms with Gasteiger partial charge in [-0.15, -0.1) is 0 Å². The van der Waals surface area contributed by atoms with Crippen LogP contribution in [0.3, 0.4) is 0 Å². The third-order valence-electron chi connectivity index (χ3n) is 3.27. The summed E-state index contributed by atoms with van der Waals surface area (Å²) in [6.07, 6.45) is 1.64. The molecule has 0 amide bonds. The van der Waals surface area contributed by atoms with Gasteiger partial charge in [0.1, 0.15) is 11.3 Å². The Balaban J connectivity index is 2.75. The first-order valence-electron chi connectivity index (χ1n) is 6.06. The maximum Gasteiger partial charge on any atom is 0.341 e. The number of aryl methyl sites for hydroxylation is 1. The largest absolute Gasteiger partial charge is 0.497 e. The molecule has 0 unspecified atom stereocenters. The molecular formula is C15H15NO4. The lowest BCUT2D eigenvalue weighted by Crippen LogP contribution is -2.27. The van der Waals surface area contributed by atoms with Crippen molar-refractivity contribution >= 4 is 5.97 Å². The van der Waals surface area contributed by atoms with Crippen LogP contribution in [0.2, 0.25) is 0 Å². The van der Waals surface area contributed by atoms with E-state index in [0.717, 1.165) is 5.56 Å². The van der Waals surface area contributed by atoms with Crippen LogP contribution in [0.4, 0.5) is 0 Å². The molecule has 0 atom stereocenters. The number of carbonyl (C=O) groups is 1. The maximum absolute atomic E-state index is 12.3. The topological polar surface area (TPSA) is 68.5 Å². The second-order valence-corrected chi connectivity index (χ2v) is 4.49. The molecule has 0 spiro atoms. The number of aromatic nitrogens is 1. The number of carboxylic acids is 1. The summed E-state index contributed by atoms with van der Waals surface area (Å²) in [7, 11) is 1.53. The predicted octanol–water partition coefficient (Wildman–Crippen LogP) is 2.16. The second kappa shape index (κ2) is 5.21. The van der Waals surface area contributed by atoms with Gasteiger partial charge >= 0.3 is 5.97 Å². The Morgan fingerprint density at radius 2 is 2.00 bits per heavy atom. The Kier molecular flexibility index (Phi) is 3.61. The molecule has 2 aromatic rings. The van der Waals surface area contributed by atoms with Gasteiger partial charge in [-0.2, -0.15) is 0 Å². The Hall–Kier alpha value is -2.56. The predicted molar refractivity (Wildman–Crippen MR) is 75.0 cm³/mol. The molecule has 5 nitrogen and oxygen atoms in total. The molecule has 0 aliphatic heterocycles. The monoisotopic (exact) mass is 273 g/mol. The summed E-state index contributed by atoms with van der Waals surface area (Å²) in [5, 5.41) is 9.21.